The quantitative estimate of drug-likeness (QED) is 0.379. The van der Waals surface area contributed by atoms with Gasteiger partial charge in [0.2, 0.25) is 5.91 Å². The Morgan fingerprint density at radius 3 is 2.06 bits per heavy atom. The molecular formula is C29H36N4O3. The molecule has 0 saturated heterocycles. The monoisotopic (exact) mass is 488 g/mol. The van der Waals surface area contributed by atoms with E-state index in [0.29, 0.717) is 25.9 Å². The van der Waals surface area contributed by atoms with Crippen molar-refractivity contribution in [2.75, 3.05) is 6.54 Å². The number of alkyl carbamates (subject to hydrolysis) is 1. The van der Waals surface area contributed by atoms with Gasteiger partial charge in [0.15, 0.2) is 0 Å². The van der Waals surface area contributed by atoms with Crippen molar-refractivity contribution in [2.45, 2.75) is 57.8 Å². The van der Waals surface area contributed by atoms with Crippen LogP contribution in [0.4, 0.5) is 4.79 Å². The number of hydrogen-bond donors (Lipinski definition) is 3. The van der Waals surface area contributed by atoms with Gasteiger partial charge in [-0.3, -0.25) is 9.78 Å². The summed E-state index contributed by atoms with van der Waals surface area (Å²) >= 11 is 0. The molecule has 0 aliphatic rings. The van der Waals surface area contributed by atoms with Gasteiger partial charge >= 0.3 is 6.09 Å². The minimum Gasteiger partial charge on any atom is -0.444 e. The van der Waals surface area contributed by atoms with E-state index in [1.54, 1.807) is 12.4 Å². The van der Waals surface area contributed by atoms with Gasteiger partial charge in [-0.05, 0) is 56.4 Å². The van der Waals surface area contributed by atoms with Crippen LogP contribution in [0.5, 0.6) is 0 Å². The second-order valence-electron chi connectivity index (χ2n) is 9.76. The number of nitrogens with one attached hydrogen (secondary N) is 3. The van der Waals surface area contributed by atoms with Crippen LogP contribution in [0.15, 0.2) is 85.2 Å². The summed E-state index contributed by atoms with van der Waals surface area (Å²) < 4.78 is 5.48. The van der Waals surface area contributed by atoms with Crippen LogP contribution in [0.25, 0.3) is 0 Å². The van der Waals surface area contributed by atoms with Crippen molar-refractivity contribution < 1.29 is 14.3 Å². The second kappa shape index (κ2) is 13.4. The smallest absolute Gasteiger partial charge is 0.407 e. The molecule has 0 spiro atoms. The maximum absolute atomic E-state index is 13.2. The maximum atomic E-state index is 13.2. The van der Waals surface area contributed by atoms with Gasteiger partial charge in [0, 0.05) is 31.5 Å². The first-order chi connectivity index (χ1) is 17.3. The van der Waals surface area contributed by atoms with Gasteiger partial charge in [-0.15, -0.1) is 0 Å². The van der Waals surface area contributed by atoms with Crippen molar-refractivity contribution in [3.05, 3.63) is 102 Å². The van der Waals surface area contributed by atoms with Crippen LogP contribution < -0.4 is 16.0 Å². The molecule has 1 unspecified atom stereocenters. The summed E-state index contributed by atoms with van der Waals surface area (Å²) in [5.74, 6) is -0.113. The summed E-state index contributed by atoms with van der Waals surface area (Å²) in [5.41, 5.74) is 2.46. The van der Waals surface area contributed by atoms with Crippen LogP contribution in [0.2, 0.25) is 0 Å². The molecule has 0 aliphatic heterocycles. The first-order valence-corrected chi connectivity index (χ1v) is 12.3. The van der Waals surface area contributed by atoms with Crippen LogP contribution in [0.1, 0.15) is 37.5 Å². The van der Waals surface area contributed by atoms with Gasteiger partial charge in [0.05, 0.1) is 6.04 Å². The Bertz CT molecular complexity index is 1070. The van der Waals surface area contributed by atoms with Crippen molar-refractivity contribution in [1.82, 2.24) is 20.9 Å². The number of pyridine rings is 1. The number of benzene rings is 2. The highest BCUT2D eigenvalue weighted by Gasteiger charge is 2.23. The highest BCUT2D eigenvalue weighted by atomic mass is 16.6. The number of carbonyl (C=O) groups excluding carboxylic acids is 2. The van der Waals surface area contributed by atoms with Crippen molar-refractivity contribution in [3.8, 4) is 0 Å². The normalized spacial score (nSPS) is 12.9. The van der Waals surface area contributed by atoms with E-state index in [9.17, 15) is 9.59 Å². The zero-order chi connectivity index (χ0) is 25.8. The lowest BCUT2D eigenvalue weighted by Gasteiger charge is -2.26. The molecule has 2 amide bonds. The fourth-order valence-electron chi connectivity index (χ4n) is 3.75. The van der Waals surface area contributed by atoms with E-state index in [1.807, 2.05) is 93.6 Å². The summed E-state index contributed by atoms with van der Waals surface area (Å²) in [6, 6.07) is 22.8. The predicted molar refractivity (Wildman–Crippen MR) is 141 cm³/mol. The van der Waals surface area contributed by atoms with Crippen LogP contribution in [-0.2, 0) is 28.9 Å². The minimum absolute atomic E-state index is 0.113. The fourth-order valence-corrected chi connectivity index (χ4v) is 3.75. The lowest BCUT2D eigenvalue weighted by Crippen LogP contribution is -2.52. The molecule has 3 aromatic rings. The molecule has 36 heavy (non-hydrogen) atoms. The number of hydrogen-bond acceptors (Lipinski definition) is 5. The van der Waals surface area contributed by atoms with Gasteiger partial charge in [-0.25, -0.2) is 4.79 Å². The zero-order valence-electron chi connectivity index (χ0n) is 21.2. The predicted octanol–water partition coefficient (Wildman–Crippen LogP) is 4.03. The van der Waals surface area contributed by atoms with Crippen molar-refractivity contribution in [1.29, 1.82) is 0 Å². The van der Waals surface area contributed by atoms with Gasteiger partial charge in [0.25, 0.3) is 0 Å². The molecule has 0 radical (unpaired) electrons. The van der Waals surface area contributed by atoms with E-state index in [-0.39, 0.29) is 11.9 Å². The van der Waals surface area contributed by atoms with Crippen LogP contribution in [0, 0.1) is 0 Å². The topological polar surface area (TPSA) is 92.4 Å². The van der Waals surface area contributed by atoms with Crippen molar-refractivity contribution >= 4 is 12.0 Å². The third-order valence-electron chi connectivity index (χ3n) is 5.45. The standard InChI is InChI=1S/C29H36N4O3/c1-29(2,3)36-28(35)33-25(17-22-11-6-4-7-12-22)21-31-26(18-23-13-8-5-9-14-23)27(34)32-20-24-15-10-16-30-19-24/h4-16,19,25-26,31H,17-18,20-21H2,1-3H3,(H,32,34)(H,33,35)/t25?,26-/m0/s1. The van der Waals surface area contributed by atoms with Crippen molar-refractivity contribution in [2.24, 2.45) is 0 Å². The average molecular weight is 489 g/mol. The Morgan fingerprint density at radius 2 is 1.47 bits per heavy atom. The molecule has 0 saturated carbocycles. The largest absolute Gasteiger partial charge is 0.444 e. The Labute approximate surface area is 213 Å². The molecule has 3 N–H and O–H groups in total. The summed E-state index contributed by atoms with van der Waals surface area (Å²) in [6.45, 7) is 6.29. The highest BCUT2D eigenvalue weighted by Crippen LogP contribution is 2.10. The Kier molecular flexibility index (Phi) is 10.0. The van der Waals surface area contributed by atoms with Gasteiger partial charge in [-0.2, -0.15) is 0 Å². The van der Waals surface area contributed by atoms with Gasteiger partial charge < -0.3 is 20.7 Å². The fraction of sp³-hybridized carbons (Fsp3) is 0.345. The lowest BCUT2D eigenvalue weighted by atomic mass is 10.0. The summed E-state index contributed by atoms with van der Waals surface area (Å²) in [4.78, 5) is 29.8. The molecule has 7 heteroatoms. The number of ether oxygens (including phenoxy) is 1. The zero-order valence-corrected chi connectivity index (χ0v) is 21.2. The van der Waals surface area contributed by atoms with E-state index in [2.05, 4.69) is 20.9 Å². The Hall–Kier alpha value is -3.71. The van der Waals surface area contributed by atoms with E-state index < -0.39 is 17.7 Å². The maximum Gasteiger partial charge on any atom is 0.407 e. The second-order valence-corrected chi connectivity index (χ2v) is 9.76. The van der Waals surface area contributed by atoms with E-state index >= 15 is 0 Å². The van der Waals surface area contributed by atoms with E-state index in [0.717, 1.165) is 16.7 Å². The van der Waals surface area contributed by atoms with Crippen LogP contribution in [-0.4, -0.2) is 41.2 Å². The Balaban J connectivity index is 1.70. The van der Waals surface area contributed by atoms with Crippen molar-refractivity contribution in [3.63, 3.8) is 0 Å². The molecule has 1 heterocycles. The van der Waals surface area contributed by atoms with E-state index in [4.69, 9.17) is 4.74 Å². The van der Waals surface area contributed by atoms with Gasteiger partial charge in [-0.1, -0.05) is 66.7 Å². The molecule has 1 aromatic heterocycles. The molecular weight excluding hydrogens is 452 g/mol. The highest BCUT2D eigenvalue weighted by molar-refractivity contribution is 5.82. The Morgan fingerprint density at radius 1 is 0.861 bits per heavy atom. The molecule has 7 nitrogen and oxygen atoms in total. The van der Waals surface area contributed by atoms with Crippen LogP contribution in [0.3, 0.4) is 0 Å². The lowest BCUT2D eigenvalue weighted by molar-refractivity contribution is -0.123. The molecule has 0 bridgehead atoms. The third-order valence-corrected chi connectivity index (χ3v) is 5.45. The number of rotatable bonds is 11. The first-order valence-electron chi connectivity index (χ1n) is 12.3. The summed E-state index contributed by atoms with van der Waals surface area (Å²) in [6.07, 6.45) is 4.08. The summed E-state index contributed by atoms with van der Waals surface area (Å²) in [5, 5.41) is 9.38. The molecule has 2 aromatic carbocycles. The summed E-state index contributed by atoms with van der Waals surface area (Å²) in [7, 11) is 0. The average Bonchev–Trinajstić information content (AvgIpc) is 2.85. The van der Waals surface area contributed by atoms with E-state index in [1.165, 1.54) is 0 Å². The number of carbonyl (C=O) groups is 2. The number of amides is 2. The molecule has 2 atom stereocenters. The minimum atomic E-state index is -0.600. The third kappa shape index (κ3) is 9.88. The number of aromatic nitrogens is 1. The number of nitrogens with zero attached hydrogens (tertiary/aromatic N) is 1. The molecule has 190 valence electrons. The molecule has 0 fully saturated rings. The van der Waals surface area contributed by atoms with Crippen LogP contribution >= 0.6 is 0 Å². The SMILES string of the molecule is CC(C)(C)OC(=O)NC(CN[C@@H](Cc1ccccc1)C(=O)NCc1cccnc1)Cc1ccccc1. The molecule has 3 rings (SSSR count). The molecule has 0 aliphatic carbocycles. The van der Waals surface area contributed by atoms with Gasteiger partial charge in [0.1, 0.15) is 5.60 Å². The first kappa shape index (κ1) is 26.9.